The summed E-state index contributed by atoms with van der Waals surface area (Å²) >= 11 is 0. The number of hydrogen-bond donors (Lipinski definition) is 1. The van der Waals surface area contributed by atoms with Crippen molar-refractivity contribution in [3.05, 3.63) is 16.3 Å². The van der Waals surface area contributed by atoms with Gasteiger partial charge in [0.1, 0.15) is 6.20 Å². The molecule has 2 N–H and O–H groups in total. The quantitative estimate of drug-likeness (QED) is 0.625. The molecule has 104 valence electrons. The normalized spacial score (nSPS) is 16.6. The first-order valence-electron chi connectivity index (χ1n) is 6.36. The zero-order valence-electron chi connectivity index (χ0n) is 10.9. The van der Waals surface area contributed by atoms with E-state index in [1.165, 1.54) is 6.20 Å². The average molecular weight is 266 g/mol. The van der Waals surface area contributed by atoms with Gasteiger partial charge in [-0.3, -0.25) is 15.0 Å². The molecule has 0 atom stereocenters. The Balaban J connectivity index is 2.14. The van der Waals surface area contributed by atoms with Gasteiger partial charge in [-0.25, -0.2) is 4.98 Å². The van der Waals surface area contributed by atoms with E-state index >= 15 is 0 Å². The Morgan fingerprint density at radius 2 is 2.11 bits per heavy atom. The summed E-state index contributed by atoms with van der Waals surface area (Å²) in [7, 11) is 0. The third-order valence-corrected chi connectivity index (χ3v) is 3.18. The van der Waals surface area contributed by atoms with E-state index in [1.807, 2.05) is 4.90 Å². The van der Waals surface area contributed by atoms with E-state index in [0.29, 0.717) is 5.82 Å². The lowest BCUT2D eigenvalue weighted by Gasteiger charge is -2.34. The van der Waals surface area contributed by atoms with Crippen molar-refractivity contribution in [3.8, 4) is 0 Å². The van der Waals surface area contributed by atoms with Crippen molar-refractivity contribution in [2.45, 2.75) is 13.3 Å². The van der Waals surface area contributed by atoms with Gasteiger partial charge in [0.15, 0.2) is 0 Å². The van der Waals surface area contributed by atoms with Gasteiger partial charge in [0, 0.05) is 26.2 Å². The molecule has 1 fully saturated rings. The molecule has 19 heavy (non-hydrogen) atoms. The topological polar surface area (TPSA) is 101 Å². The first-order valence-corrected chi connectivity index (χ1v) is 6.36. The predicted molar refractivity (Wildman–Crippen MR) is 72.0 cm³/mol. The van der Waals surface area contributed by atoms with Gasteiger partial charge in [0.05, 0.1) is 4.92 Å². The van der Waals surface area contributed by atoms with Crippen molar-refractivity contribution < 1.29 is 4.92 Å². The van der Waals surface area contributed by atoms with Crippen LogP contribution in [0.25, 0.3) is 0 Å². The number of nitrogens with two attached hydrogens (primary N) is 1. The summed E-state index contributed by atoms with van der Waals surface area (Å²) in [6.45, 7) is 6.41. The van der Waals surface area contributed by atoms with Gasteiger partial charge in [-0.05, 0) is 13.0 Å². The highest BCUT2D eigenvalue weighted by atomic mass is 16.6. The van der Waals surface area contributed by atoms with Gasteiger partial charge in [-0.1, -0.05) is 6.92 Å². The first kappa shape index (κ1) is 13.5. The number of anilines is 2. The Morgan fingerprint density at radius 1 is 1.42 bits per heavy atom. The SMILES string of the molecule is CCCN1CCN(c2nc(N)ncc2[N+](=O)[O-])CC1. The predicted octanol–water partition coefficient (Wildman–Crippen LogP) is 0.499. The van der Waals surface area contributed by atoms with E-state index in [-0.39, 0.29) is 11.6 Å². The molecule has 2 rings (SSSR count). The fraction of sp³-hybridized carbons (Fsp3) is 0.636. The molecule has 1 aliphatic rings. The summed E-state index contributed by atoms with van der Waals surface area (Å²) in [5, 5.41) is 11.0. The van der Waals surface area contributed by atoms with Crippen molar-refractivity contribution in [2.24, 2.45) is 0 Å². The van der Waals surface area contributed by atoms with Crippen molar-refractivity contribution in [1.82, 2.24) is 14.9 Å². The van der Waals surface area contributed by atoms with Gasteiger partial charge < -0.3 is 10.6 Å². The van der Waals surface area contributed by atoms with Crippen LogP contribution < -0.4 is 10.6 Å². The lowest BCUT2D eigenvalue weighted by molar-refractivity contribution is -0.384. The maximum atomic E-state index is 11.0. The second-order valence-electron chi connectivity index (χ2n) is 4.52. The minimum absolute atomic E-state index is 0.0663. The highest BCUT2D eigenvalue weighted by Crippen LogP contribution is 2.26. The van der Waals surface area contributed by atoms with Crippen LogP contribution in [0.2, 0.25) is 0 Å². The molecule has 0 bridgehead atoms. The molecule has 1 aromatic rings. The fourth-order valence-corrected chi connectivity index (χ4v) is 2.24. The second kappa shape index (κ2) is 5.79. The molecule has 0 amide bonds. The number of hydrogen-bond acceptors (Lipinski definition) is 7. The molecule has 1 aromatic heterocycles. The van der Waals surface area contributed by atoms with Crippen LogP contribution in [0.3, 0.4) is 0 Å². The Hall–Kier alpha value is -1.96. The third-order valence-electron chi connectivity index (χ3n) is 3.18. The summed E-state index contributed by atoms with van der Waals surface area (Å²) in [5.74, 6) is 0.394. The number of nitrogen functional groups attached to an aromatic ring is 1. The molecule has 1 saturated heterocycles. The summed E-state index contributed by atoms with van der Waals surface area (Å²) in [4.78, 5) is 22.5. The lowest BCUT2D eigenvalue weighted by atomic mass is 10.3. The van der Waals surface area contributed by atoms with Crippen molar-refractivity contribution in [2.75, 3.05) is 43.4 Å². The highest BCUT2D eigenvalue weighted by molar-refractivity contribution is 5.58. The zero-order chi connectivity index (χ0) is 13.8. The van der Waals surface area contributed by atoms with E-state index < -0.39 is 4.92 Å². The van der Waals surface area contributed by atoms with Crippen LogP contribution in [0.1, 0.15) is 13.3 Å². The monoisotopic (exact) mass is 266 g/mol. The number of nitro groups is 1. The summed E-state index contributed by atoms with van der Waals surface area (Å²) < 4.78 is 0. The molecule has 0 unspecified atom stereocenters. The van der Waals surface area contributed by atoms with Gasteiger partial charge in [-0.15, -0.1) is 0 Å². The maximum Gasteiger partial charge on any atom is 0.329 e. The molecule has 0 spiro atoms. The highest BCUT2D eigenvalue weighted by Gasteiger charge is 2.25. The van der Waals surface area contributed by atoms with Crippen molar-refractivity contribution >= 4 is 17.5 Å². The number of nitrogens with zero attached hydrogens (tertiary/aromatic N) is 5. The number of aromatic nitrogens is 2. The maximum absolute atomic E-state index is 11.0. The van der Waals surface area contributed by atoms with Crippen LogP contribution >= 0.6 is 0 Å². The van der Waals surface area contributed by atoms with Crippen LogP contribution in [0.4, 0.5) is 17.5 Å². The Morgan fingerprint density at radius 3 is 2.68 bits per heavy atom. The molecule has 0 saturated carbocycles. The molecular formula is C11H18N6O2. The van der Waals surface area contributed by atoms with Crippen LogP contribution in [0.15, 0.2) is 6.20 Å². The summed E-state index contributed by atoms with van der Waals surface area (Å²) in [6.07, 6.45) is 2.29. The largest absolute Gasteiger partial charge is 0.368 e. The zero-order valence-corrected chi connectivity index (χ0v) is 10.9. The second-order valence-corrected chi connectivity index (χ2v) is 4.52. The minimum atomic E-state index is -0.465. The van der Waals surface area contributed by atoms with Crippen LogP contribution in [0.5, 0.6) is 0 Å². The molecule has 0 aliphatic carbocycles. The molecule has 0 aromatic carbocycles. The van der Waals surface area contributed by atoms with Gasteiger partial charge >= 0.3 is 5.69 Å². The fourth-order valence-electron chi connectivity index (χ4n) is 2.24. The number of rotatable bonds is 4. The van der Waals surface area contributed by atoms with E-state index in [0.717, 1.165) is 39.1 Å². The minimum Gasteiger partial charge on any atom is -0.368 e. The van der Waals surface area contributed by atoms with Gasteiger partial charge in [0.25, 0.3) is 0 Å². The number of piperazine rings is 1. The molecule has 0 radical (unpaired) electrons. The third kappa shape index (κ3) is 3.08. The van der Waals surface area contributed by atoms with Crippen LogP contribution in [-0.4, -0.2) is 52.5 Å². The van der Waals surface area contributed by atoms with Crippen molar-refractivity contribution in [1.29, 1.82) is 0 Å². The van der Waals surface area contributed by atoms with Crippen LogP contribution in [-0.2, 0) is 0 Å². The van der Waals surface area contributed by atoms with Crippen LogP contribution in [0, 0.1) is 10.1 Å². The van der Waals surface area contributed by atoms with Gasteiger partial charge in [-0.2, -0.15) is 4.98 Å². The smallest absolute Gasteiger partial charge is 0.329 e. The van der Waals surface area contributed by atoms with E-state index in [2.05, 4.69) is 21.8 Å². The standard InChI is InChI=1S/C11H18N6O2/c1-2-3-15-4-6-16(7-5-15)10-9(17(18)19)8-13-11(12)14-10/h8H,2-7H2,1H3,(H2,12,13,14). The van der Waals surface area contributed by atoms with E-state index in [4.69, 9.17) is 5.73 Å². The lowest BCUT2D eigenvalue weighted by Crippen LogP contribution is -2.47. The molecule has 1 aliphatic heterocycles. The average Bonchev–Trinajstić information content (AvgIpc) is 2.39. The molecule has 8 heteroatoms. The molecule has 8 nitrogen and oxygen atoms in total. The van der Waals surface area contributed by atoms with E-state index in [1.54, 1.807) is 0 Å². The molecular weight excluding hydrogens is 248 g/mol. The Bertz CT molecular complexity index is 458. The first-order chi connectivity index (χ1) is 9.11. The molecule has 2 heterocycles. The summed E-state index contributed by atoms with van der Waals surface area (Å²) in [6, 6.07) is 0. The Kier molecular flexibility index (Phi) is 4.10. The summed E-state index contributed by atoms with van der Waals surface area (Å²) in [5.41, 5.74) is 5.44. The Labute approximate surface area is 111 Å². The van der Waals surface area contributed by atoms with Crippen molar-refractivity contribution in [3.63, 3.8) is 0 Å². The van der Waals surface area contributed by atoms with Gasteiger partial charge in [0.2, 0.25) is 11.8 Å². The van der Waals surface area contributed by atoms with E-state index in [9.17, 15) is 10.1 Å².